The van der Waals surface area contributed by atoms with Crippen LogP contribution in [0.15, 0.2) is 11.6 Å². The number of ketones is 1. The van der Waals surface area contributed by atoms with Crippen LogP contribution in [0.4, 0.5) is 0 Å². The van der Waals surface area contributed by atoms with Crippen LogP contribution in [0.3, 0.4) is 0 Å². The number of hydrogen-bond acceptors (Lipinski definition) is 1. The quantitative estimate of drug-likeness (QED) is 0.296. The molecule has 4 unspecified atom stereocenters. The second-order valence-corrected chi connectivity index (χ2v) is 14.6. The van der Waals surface area contributed by atoms with Crippen LogP contribution in [-0.4, -0.2) is 5.78 Å². The lowest BCUT2D eigenvalue weighted by Gasteiger charge is -2.66. The molecule has 3 saturated carbocycles. The molecule has 0 spiro atoms. The second-order valence-electron chi connectivity index (χ2n) is 14.6. The molecule has 180 valence electrons. The Morgan fingerprint density at radius 2 is 1.53 bits per heavy atom. The minimum absolute atomic E-state index is 0.137. The van der Waals surface area contributed by atoms with Crippen LogP contribution in [0.25, 0.3) is 0 Å². The molecule has 6 atom stereocenters. The molecule has 1 heteroatoms. The third kappa shape index (κ3) is 3.83. The summed E-state index contributed by atoms with van der Waals surface area (Å²) < 4.78 is 0. The second kappa shape index (κ2) is 8.03. The highest BCUT2D eigenvalue weighted by Crippen LogP contribution is 2.70. The van der Waals surface area contributed by atoms with E-state index in [2.05, 4.69) is 81.2 Å². The molecule has 0 saturated heterocycles. The van der Waals surface area contributed by atoms with Gasteiger partial charge in [-0.15, -0.1) is 12.8 Å². The molecule has 0 aromatic rings. The molecule has 0 aliphatic heterocycles. The number of terminal acetylenes is 1. The van der Waals surface area contributed by atoms with Gasteiger partial charge in [-0.2, -0.15) is 0 Å². The van der Waals surface area contributed by atoms with Crippen molar-refractivity contribution in [3.8, 4) is 12.8 Å². The summed E-state index contributed by atoms with van der Waals surface area (Å²) in [5, 5.41) is 0. The number of Topliss-reactive ketones (excluding diaryl/α,β-unsaturated/α-hetero) is 1. The molecule has 4 rings (SSSR count). The van der Waals surface area contributed by atoms with Crippen molar-refractivity contribution in [2.45, 2.75) is 114 Å². The maximum atomic E-state index is 12.8. The van der Waals surface area contributed by atoms with E-state index in [4.69, 9.17) is 0 Å². The van der Waals surface area contributed by atoms with E-state index in [-0.39, 0.29) is 5.41 Å². The van der Waals surface area contributed by atoms with Crippen molar-refractivity contribution < 1.29 is 4.79 Å². The van der Waals surface area contributed by atoms with Gasteiger partial charge in [0.1, 0.15) is 5.78 Å². The van der Waals surface area contributed by atoms with Gasteiger partial charge in [0.05, 0.1) is 0 Å². The van der Waals surface area contributed by atoms with Gasteiger partial charge in [-0.3, -0.25) is 4.79 Å². The molecule has 0 N–H and O–H groups in total. The molecule has 0 heterocycles. The molecular formula is C31H50O. The minimum atomic E-state index is -0.137. The van der Waals surface area contributed by atoms with Crippen molar-refractivity contribution in [2.75, 3.05) is 0 Å². The summed E-state index contributed by atoms with van der Waals surface area (Å²) in [5.41, 5.74) is 3.21. The highest BCUT2D eigenvalue weighted by Gasteiger charge is 2.63. The van der Waals surface area contributed by atoms with E-state index in [1.54, 1.807) is 0 Å². The number of allylic oxidation sites excluding steroid dienone is 2. The lowest BCUT2D eigenvalue weighted by Crippen LogP contribution is -2.60. The van der Waals surface area contributed by atoms with Crippen LogP contribution in [-0.2, 0) is 4.79 Å². The van der Waals surface area contributed by atoms with Crippen LogP contribution in [0.1, 0.15) is 114 Å². The van der Waals surface area contributed by atoms with Crippen LogP contribution in [0.5, 0.6) is 0 Å². The van der Waals surface area contributed by atoms with Crippen molar-refractivity contribution in [3.63, 3.8) is 0 Å². The monoisotopic (exact) mass is 438 g/mol. The summed E-state index contributed by atoms with van der Waals surface area (Å²) in [4.78, 5) is 12.8. The predicted molar refractivity (Wildman–Crippen MR) is 137 cm³/mol. The third-order valence-corrected chi connectivity index (χ3v) is 10.9. The normalized spacial score (nSPS) is 42.3. The number of hydrogen-bond donors (Lipinski definition) is 0. The zero-order valence-electron chi connectivity index (χ0n) is 22.6. The lowest BCUT2D eigenvalue weighted by molar-refractivity contribution is -0.168. The van der Waals surface area contributed by atoms with Gasteiger partial charge in [0, 0.05) is 11.8 Å². The molecule has 32 heavy (non-hydrogen) atoms. The predicted octanol–water partition coefficient (Wildman–Crippen LogP) is 8.48. The average molecular weight is 439 g/mol. The van der Waals surface area contributed by atoms with Crippen LogP contribution in [0.2, 0.25) is 0 Å². The smallest absolute Gasteiger partial charge is 0.138 e. The van der Waals surface area contributed by atoms with Gasteiger partial charge in [-0.25, -0.2) is 0 Å². The van der Waals surface area contributed by atoms with Crippen LogP contribution < -0.4 is 0 Å². The largest absolute Gasteiger partial charge is 0.299 e. The van der Waals surface area contributed by atoms with Crippen LogP contribution >= 0.6 is 0 Å². The van der Waals surface area contributed by atoms with E-state index in [1.165, 1.54) is 38.5 Å². The van der Waals surface area contributed by atoms with Gasteiger partial charge in [0.2, 0.25) is 0 Å². The minimum Gasteiger partial charge on any atom is -0.299 e. The summed E-state index contributed by atoms with van der Waals surface area (Å²) >= 11 is 0. The van der Waals surface area contributed by atoms with Gasteiger partial charge in [0.25, 0.3) is 0 Å². The summed E-state index contributed by atoms with van der Waals surface area (Å²) in [7, 11) is 0. The Morgan fingerprint density at radius 1 is 0.906 bits per heavy atom. The molecule has 0 radical (unpaired) electrons. The molecule has 0 bridgehead atoms. The van der Waals surface area contributed by atoms with E-state index in [0.717, 1.165) is 30.6 Å². The van der Waals surface area contributed by atoms with Crippen molar-refractivity contribution in [2.24, 2.45) is 50.7 Å². The van der Waals surface area contributed by atoms with E-state index in [1.807, 2.05) is 5.57 Å². The average Bonchev–Trinajstić information content (AvgIpc) is 2.67. The van der Waals surface area contributed by atoms with Gasteiger partial charge in [-0.1, -0.05) is 74.0 Å². The number of fused-ring (bicyclic) bond motifs is 5. The fourth-order valence-corrected chi connectivity index (χ4v) is 9.15. The van der Waals surface area contributed by atoms with Gasteiger partial charge >= 0.3 is 0 Å². The third-order valence-electron chi connectivity index (χ3n) is 10.9. The molecule has 3 fully saturated rings. The van der Waals surface area contributed by atoms with Gasteiger partial charge in [-0.05, 0) is 90.3 Å². The summed E-state index contributed by atoms with van der Waals surface area (Å²) in [6.45, 7) is 22.1. The Kier molecular flexibility index (Phi) is 6.42. The maximum Gasteiger partial charge on any atom is 0.138 e. The summed E-state index contributed by atoms with van der Waals surface area (Å²) in [6.07, 6.45) is 20.5. The summed E-state index contributed by atoms with van der Waals surface area (Å²) in [6, 6.07) is 0. The van der Waals surface area contributed by atoms with Crippen molar-refractivity contribution in [3.05, 3.63) is 11.6 Å². The highest BCUT2D eigenvalue weighted by atomic mass is 16.1. The molecular weight excluding hydrogens is 388 g/mol. The summed E-state index contributed by atoms with van der Waals surface area (Å²) in [5.74, 6) is 3.30. The molecule has 4 aliphatic carbocycles. The Hall–Kier alpha value is -1.03. The lowest BCUT2D eigenvalue weighted by atomic mass is 9.38. The van der Waals surface area contributed by atoms with Gasteiger partial charge in [0.15, 0.2) is 0 Å². The molecule has 4 aliphatic rings. The molecule has 0 amide bonds. The van der Waals surface area contributed by atoms with E-state index in [0.29, 0.717) is 33.4 Å². The first kappa shape index (κ1) is 25.6. The highest BCUT2D eigenvalue weighted by molar-refractivity contribution is 5.85. The fourth-order valence-electron chi connectivity index (χ4n) is 9.15. The zero-order chi connectivity index (χ0) is 24.3. The zero-order valence-corrected chi connectivity index (χ0v) is 22.6. The Labute approximate surface area is 199 Å². The molecule has 1 nitrogen and oxygen atoms in total. The topological polar surface area (TPSA) is 17.1 Å². The number of carbonyl (C=O) groups excluding carboxylic acids is 1. The van der Waals surface area contributed by atoms with Crippen molar-refractivity contribution in [1.82, 2.24) is 0 Å². The van der Waals surface area contributed by atoms with Crippen LogP contribution in [0, 0.1) is 63.6 Å². The first-order valence-electron chi connectivity index (χ1n) is 13.2. The van der Waals surface area contributed by atoms with Crippen molar-refractivity contribution >= 4 is 5.78 Å². The molecule has 0 aromatic carbocycles. The Balaban J connectivity index is 0.00000141. The van der Waals surface area contributed by atoms with Crippen molar-refractivity contribution in [1.29, 1.82) is 0 Å². The van der Waals surface area contributed by atoms with Gasteiger partial charge < -0.3 is 0 Å². The van der Waals surface area contributed by atoms with E-state index >= 15 is 0 Å². The van der Waals surface area contributed by atoms with E-state index in [9.17, 15) is 4.79 Å². The van der Waals surface area contributed by atoms with E-state index < -0.39 is 0 Å². The first-order chi connectivity index (χ1) is 14.6. The Morgan fingerprint density at radius 3 is 2.12 bits per heavy atom. The molecule has 0 aromatic heterocycles. The SMILES string of the molecule is C#C.CC(C)(C)CC1C2=CCC3[C@@](C)(CCC4C(C)(C)C(=O)CC[C@@]43C)C2CCC1(C)C. The maximum absolute atomic E-state index is 12.8. The first-order valence-corrected chi connectivity index (χ1v) is 13.2. The number of rotatable bonds is 1. The fraction of sp³-hybridized carbons (Fsp3) is 0.839. The standard InChI is InChI=1S/C29H48O.C2H2/c1-25(2,3)18-21-19-10-11-23-28(8,20(19)12-15-26(21,4)5)16-13-22-27(6,7)24(30)14-17-29(22,23)9;1-2/h10,20-23H,11-18H2,1-9H3;1-2H/t20?,21?,22?,23?,28-,29-;/m0./s1. The Bertz CT molecular complexity index is 787. The number of carbonyl (C=O) groups is 1.